The predicted molar refractivity (Wildman–Crippen MR) is 99.1 cm³/mol. The summed E-state index contributed by atoms with van der Waals surface area (Å²) in [6, 6.07) is 14.2. The van der Waals surface area contributed by atoms with Crippen molar-refractivity contribution in [1.29, 1.82) is 0 Å². The summed E-state index contributed by atoms with van der Waals surface area (Å²) in [5.41, 5.74) is 0.960. The normalized spacial score (nSPS) is 10.8. The largest absolute Gasteiger partial charge is 0.466 e. The topological polar surface area (TPSA) is 98.5 Å². The number of carbonyl (C=O) groups is 2. The molecule has 2 aromatic carbocycles. The zero-order valence-electron chi connectivity index (χ0n) is 14.9. The van der Waals surface area contributed by atoms with E-state index >= 15 is 0 Å². The fourth-order valence-corrected chi connectivity index (χ4v) is 2.24. The van der Waals surface area contributed by atoms with E-state index in [1.165, 1.54) is 37.5 Å². The molecule has 9 heteroatoms. The van der Waals surface area contributed by atoms with Gasteiger partial charge in [0.15, 0.2) is 12.4 Å². The van der Waals surface area contributed by atoms with Crippen LogP contribution in [0.15, 0.2) is 59.7 Å². The van der Waals surface area contributed by atoms with Gasteiger partial charge < -0.3 is 10.1 Å². The molecule has 0 radical (unpaired) electrons. The number of Topliss-reactive ketones (excluding diaryl/α,β-unsaturated/α-hetero) is 1. The van der Waals surface area contributed by atoms with E-state index in [1.54, 1.807) is 30.3 Å². The number of carbonyl (C=O) groups excluding carboxylic acids is 2. The van der Waals surface area contributed by atoms with Crippen molar-refractivity contribution in [2.45, 2.75) is 0 Å². The average Bonchev–Trinajstić information content (AvgIpc) is 3.14. The molecule has 8 nitrogen and oxygen atoms in total. The quantitative estimate of drug-likeness (QED) is 0.498. The van der Waals surface area contributed by atoms with Crippen LogP contribution in [0.2, 0.25) is 0 Å². The van der Waals surface area contributed by atoms with Crippen LogP contribution in [0.25, 0.3) is 0 Å². The summed E-state index contributed by atoms with van der Waals surface area (Å²) in [4.78, 5) is 25.2. The van der Waals surface area contributed by atoms with E-state index in [2.05, 4.69) is 20.7 Å². The molecule has 0 unspecified atom stereocenters. The molecular formula is C19H16FN5O3. The van der Waals surface area contributed by atoms with E-state index < -0.39 is 5.91 Å². The van der Waals surface area contributed by atoms with Gasteiger partial charge in [-0.1, -0.05) is 47.3 Å². The molecule has 0 spiro atoms. The minimum Gasteiger partial charge on any atom is -0.466 e. The van der Waals surface area contributed by atoms with Crippen molar-refractivity contribution in [1.82, 2.24) is 20.4 Å². The van der Waals surface area contributed by atoms with Crippen molar-refractivity contribution < 1.29 is 18.7 Å². The van der Waals surface area contributed by atoms with Crippen LogP contribution in [0, 0.1) is 5.82 Å². The molecule has 3 aromatic rings. The van der Waals surface area contributed by atoms with Crippen LogP contribution in [-0.2, 0) is 0 Å². The van der Waals surface area contributed by atoms with Crippen molar-refractivity contribution in [3.63, 3.8) is 0 Å². The number of hydrogen-bond acceptors (Lipinski definition) is 6. The first-order valence-corrected chi connectivity index (χ1v) is 8.27. The fourth-order valence-electron chi connectivity index (χ4n) is 2.24. The monoisotopic (exact) mass is 381 g/mol. The SMILES string of the molecule is CNC(=O)c1nnn(/N=C\c2ccc(F)cc2)c1OCC(=O)c1ccccc1. The van der Waals surface area contributed by atoms with Crippen molar-refractivity contribution in [2.75, 3.05) is 13.7 Å². The Hall–Kier alpha value is -3.88. The molecule has 0 fully saturated rings. The standard InChI is InChI=1S/C19H16FN5O3/c1-21-18(27)17-19(28-12-16(26)14-5-3-2-4-6-14)25(24-23-17)22-11-13-7-9-15(20)10-8-13/h2-11H,12H2,1H3,(H,21,27)/b22-11-. The van der Waals surface area contributed by atoms with E-state index in [0.29, 0.717) is 11.1 Å². The second-order valence-electron chi connectivity index (χ2n) is 5.59. The van der Waals surface area contributed by atoms with E-state index in [0.717, 1.165) is 4.79 Å². The Bertz CT molecular complexity index is 1000. The van der Waals surface area contributed by atoms with E-state index in [9.17, 15) is 14.0 Å². The van der Waals surface area contributed by atoms with Crippen LogP contribution in [-0.4, -0.2) is 46.7 Å². The lowest BCUT2D eigenvalue weighted by Crippen LogP contribution is -2.21. The highest BCUT2D eigenvalue weighted by Crippen LogP contribution is 2.16. The van der Waals surface area contributed by atoms with Gasteiger partial charge in [-0.05, 0) is 22.9 Å². The first kappa shape index (κ1) is 18.9. The Morgan fingerprint density at radius 2 is 1.89 bits per heavy atom. The summed E-state index contributed by atoms with van der Waals surface area (Å²) in [6.45, 7) is -0.326. The first-order valence-electron chi connectivity index (χ1n) is 8.27. The third kappa shape index (κ3) is 4.44. The molecule has 0 saturated heterocycles. The predicted octanol–water partition coefficient (Wildman–Crippen LogP) is 1.92. The third-order valence-corrected chi connectivity index (χ3v) is 3.68. The van der Waals surface area contributed by atoms with Crippen molar-refractivity contribution >= 4 is 17.9 Å². The van der Waals surface area contributed by atoms with Gasteiger partial charge in [0.05, 0.1) is 6.21 Å². The van der Waals surface area contributed by atoms with E-state index in [-0.39, 0.29) is 29.8 Å². The zero-order valence-corrected chi connectivity index (χ0v) is 14.9. The lowest BCUT2D eigenvalue weighted by atomic mass is 10.1. The number of amides is 1. The molecule has 142 valence electrons. The number of hydrogen-bond donors (Lipinski definition) is 1. The van der Waals surface area contributed by atoms with Crippen LogP contribution in [0.5, 0.6) is 5.88 Å². The second kappa shape index (κ2) is 8.67. The fraction of sp³-hybridized carbons (Fsp3) is 0.105. The number of nitrogens with zero attached hydrogens (tertiary/aromatic N) is 4. The average molecular weight is 381 g/mol. The zero-order chi connectivity index (χ0) is 19.9. The van der Waals surface area contributed by atoms with Gasteiger partial charge >= 0.3 is 0 Å². The summed E-state index contributed by atoms with van der Waals surface area (Å²) < 4.78 is 18.5. The number of benzene rings is 2. The molecule has 0 aliphatic rings. The van der Waals surface area contributed by atoms with Gasteiger partial charge in [-0.15, -0.1) is 5.10 Å². The minimum absolute atomic E-state index is 0.0815. The van der Waals surface area contributed by atoms with Crippen molar-refractivity contribution in [3.8, 4) is 5.88 Å². The highest BCUT2D eigenvalue weighted by Gasteiger charge is 2.21. The lowest BCUT2D eigenvalue weighted by Gasteiger charge is -2.06. The maximum atomic E-state index is 13.0. The highest BCUT2D eigenvalue weighted by molar-refractivity contribution is 5.97. The Kier molecular flexibility index (Phi) is 5.85. The van der Waals surface area contributed by atoms with Crippen molar-refractivity contribution in [3.05, 3.63) is 77.2 Å². The summed E-state index contributed by atoms with van der Waals surface area (Å²) in [7, 11) is 1.43. The molecule has 1 aromatic heterocycles. The number of ether oxygens (including phenoxy) is 1. The van der Waals surface area contributed by atoms with Gasteiger partial charge in [-0.3, -0.25) is 9.59 Å². The van der Waals surface area contributed by atoms with E-state index in [1.807, 2.05) is 0 Å². The molecule has 0 aliphatic carbocycles. The highest BCUT2D eigenvalue weighted by atomic mass is 19.1. The molecule has 3 rings (SSSR count). The molecule has 28 heavy (non-hydrogen) atoms. The molecule has 1 amide bonds. The maximum absolute atomic E-state index is 13.0. The van der Waals surface area contributed by atoms with Crippen LogP contribution in [0.3, 0.4) is 0 Å². The number of ketones is 1. The van der Waals surface area contributed by atoms with Gasteiger partial charge in [-0.2, -0.15) is 5.10 Å². The number of nitrogens with one attached hydrogen (secondary N) is 1. The number of aromatic nitrogens is 3. The van der Waals surface area contributed by atoms with Crippen LogP contribution >= 0.6 is 0 Å². The molecular weight excluding hydrogens is 365 g/mol. The van der Waals surface area contributed by atoms with Crippen LogP contribution in [0.1, 0.15) is 26.4 Å². The van der Waals surface area contributed by atoms with Gasteiger partial charge in [0.1, 0.15) is 5.82 Å². The molecule has 0 aliphatic heterocycles. The molecule has 1 N–H and O–H groups in total. The molecule has 0 bridgehead atoms. The summed E-state index contributed by atoms with van der Waals surface area (Å²) >= 11 is 0. The van der Waals surface area contributed by atoms with Crippen molar-refractivity contribution in [2.24, 2.45) is 5.10 Å². The van der Waals surface area contributed by atoms with Gasteiger partial charge in [0.2, 0.25) is 5.69 Å². The Morgan fingerprint density at radius 3 is 2.57 bits per heavy atom. The Labute approximate surface area is 159 Å². The third-order valence-electron chi connectivity index (χ3n) is 3.68. The van der Waals surface area contributed by atoms with Gasteiger partial charge in [0, 0.05) is 12.6 Å². The minimum atomic E-state index is -0.537. The summed E-state index contributed by atoms with van der Waals surface area (Å²) in [5.74, 6) is -1.27. The Morgan fingerprint density at radius 1 is 1.18 bits per heavy atom. The lowest BCUT2D eigenvalue weighted by molar-refractivity contribution is 0.0898. The summed E-state index contributed by atoms with van der Waals surface area (Å²) in [5, 5.41) is 14.0. The van der Waals surface area contributed by atoms with E-state index in [4.69, 9.17) is 4.74 Å². The maximum Gasteiger partial charge on any atom is 0.277 e. The second-order valence-corrected chi connectivity index (χ2v) is 5.59. The number of rotatable bonds is 7. The van der Waals surface area contributed by atoms with Crippen LogP contribution in [0.4, 0.5) is 4.39 Å². The Balaban J connectivity index is 1.82. The summed E-state index contributed by atoms with van der Waals surface area (Å²) in [6.07, 6.45) is 1.40. The van der Waals surface area contributed by atoms with Gasteiger partial charge in [0.25, 0.3) is 11.8 Å². The first-order chi connectivity index (χ1) is 13.6. The molecule has 1 heterocycles. The van der Waals surface area contributed by atoms with Crippen LogP contribution < -0.4 is 10.1 Å². The molecule has 0 saturated carbocycles. The van der Waals surface area contributed by atoms with Gasteiger partial charge in [-0.25, -0.2) is 4.39 Å². The molecule has 0 atom stereocenters. The smallest absolute Gasteiger partial charge is 0.277 e. The number of halogens is 1.